The molecule has 1 aliphatic rings. The second kappa shape index (κ2) is 9.11. The van der Waals surface area contributed by atoms with Crippen molar-refractivity contribution in [2.24, 2.45) is 5.92 Å². The molecule has 36 heavy (non-hydrogen) atoms. The van der Waals surface area contributed by atoms with Gasteiger partial charge in [-0.1, -0.05) is 48.5 Å². The number of anilines is 1. The van der Waals surface area contributed by atoms with Crippen molar-refractivity contribution in [3.63, 3.8) is 0 Å². The van der Waals surface area contributed by atoms with Gasteiger partial charge < -0.3 is 14.9 Å². The first kappa shape index (κ1) is 22.3. The zero-order chi connectivity index (χ0) is 24.6. The summed E-state index contributed by atoms with van der Waals surface area (Å²) in [6, 6.07) is 24.6. The number of carbonyl (C=O) groups excluding carboxylic acids is 1. The van der Waals surface area contributed by atoms with Crippen molar-refractivity contribution < 1.29 is 9.53 Å². The van der Waals surface area contributed by atoms with Crippen molar-refractivity contribution in [2.75, 3.05) is 12.8 Å². The van der Waals surface area contributed by atoms with Crippen LogP contribution in [0.4, 0.5) is 5.69 Å². The molecule has 0 bridgehead atoms. The van der Waals surface area contributed by atoms with E-state index in [1.54, 1.807) is 0 Å². The van der Waals surface area contributed by atoms with Crippen molar-refractivity contribution in [1.29, 1.82) is 0 Å². The van der Waals surface area contributed by atoms with Crippen LogP contribution in [0.1, 0.15) is 37.4 Å². The molecular formula is C30H28N4O2. The molecule has 6 rings (SSSR count). The van der Waals surface area contributed by atoms with Crippen LogP contribution >= 0.6 is 0 Å². The number of aromatic nitrogens is 3. The first-order chi connectivity index (χ1) is 17.6. The maximum Gasteiger partial charge on any atom is 0.308 e. The van der Waals surface area contributed by atoms with Gasteiger partial charge in [0.05, 0.1) is 41.1 Å². The van der Waals surface area contributed by atoms with Crippen molar-refractivity contribution in [2.45, 2.75) is 31.6 Å². The van der Waals surface area contributed by atoms with E-state index in [0.717, 1.165) is 70.4 Å². The molecule has 0 amide bonds. The highest BCUT2D eigenvalue weighted by Gasteiger charge is 2.30. The summed E-state index contributed by atoms with van der Waals surface area (Å²) in [6.07, 6.45) is 5.45. The molecule has 0 atom stereocenters. The number of ether oxygens (including phenoxy) is 1. The number of rotatable bonds is 4. The van der Waals surface area contributed by atoms with Gasteiger partial charge in [-0.2, -0.15) is 0 Å². The average Bonchev–Trinajstić information content (AvgIpc) is 3.33. The molecule has 1 aliphatic carbocycles. The van der Waals surface area contributed by atoms with Crippen LogP contribution < -0.4 is 5.73 Å². The van der Waals surface area contributed by atoms with Crippen LogP contribution in [0.2, 0.25) is 0 Å². The number of benzene rings is 2. The van der Waals surface area contributed by atoms with Gasteiger partial charge in [-0.05, 0) is 49.9 Å². The van der Waals surface area contributed by atoms with Crippen LogP contribution in [-0.4, -0.2) is 27.4 Å². The summed E-state index contributed by atoms with van der Waals surface area (Å²) in [4.78, 5) is 22.1. The molecular weight excluding hydrogens is 448 g/mol. The summed E-state index contributed by atoms with van der Waals surface area (Å²) >= 11 is 0. The Bertz CT molecular complexity index is 1570. The van der Waals surface area contributed by atoms with Crippen LogP contribution in [0.3, 0.4) is 0 Å². The van der Waals surface area contributed by atoms with Gasteiger partial charge in [-0.25, -0.2) is 9.97 Å². The normalized spacial score (nSPS) is 17.9. The summed E-state index contributed by atoms with van der Waals surface area (Å²) in [6.45, 7) is 0. The van der Waals surface area contributed by atoms with E-state index in [9.17, 15) is 4.79 Å². The fraction of sp³-hybridized carbons (Fsp3) is 0.233. The number of hydrogen-bond donors (Lipinski definition) is 1. The minimum absolute atomic E-state index is 0.0209. The van der Waals surface area contributed by atoms with Gasteiger partial charge in [0.2, 0.25) is 0 Å². The molecule has 6 heteroatoms. The highest BCUT2D eigenvalue weighted by molar-refractivity contribution is 5.92. The maximum absolute atomic E-state index is 12.0. The van der Waals surface area contributed by atoms with Crippen LogP contribution in [-0.2, 0) is 9.53 Å². The van der Waals surface area contributed by atoms with Gasteiger partial charge in [0, 0.05) is 28.6 Å². The van der Waals surface area contributed by atoms with Crippen molar-refractivity contribution >= 4 is 28.1 Å². The molecule has 3 aromatic heterocycles. The largest absolute Gasteiger partial charge is 0.469 e. The van der Waals surface area contributed by atoms with Crippen LogP contribution in [0.25, 0.3) is 38.9 Å². The first-order valence-electron chi connectivity index (χ1n) is 12.4. The number of pyridine rings is 2. The third kappa shape index (κ3) is 3.88. The number of hydrogen-bond acceptors (Lipinski definition) is 5. The SMILES string of the molecule is COC(=O)C1CCC(c2nc(-c3ccc4ccc(-c5ccccc5)nc4c3)c3c(N)cccn23)CC1. The number of imidazole rings is 1. The summed E-state index contributed by atoms with van der Waals surface area (Å²) in [5.41, 5.74) is 12.9. The van der Waals surface area contributed by atoms with Gasteiger partial charge in [0.25, 0.3) is 0 Å². The van der Waals surface area contributed by atoms with E-state index in [0.29, 0.717) is 5.69 Å². The first-order valence-corrected chi connectivity index (χ1v) is 12.4. The fourth-order valence-corrected chi connectivity index (χ4v) is 5.47. The molecule has 0 radical (unpaired) electrons. The monoisotopic (exact) mass is 476 g/mol. The molecule has 1 fully saturated rings. The lowest BCUT2D eigenvalue weighted by Gasteiger charge is -2.26. The summed E-state index contributed by atoms with van der Waals surface area (Å²) in [5, 5.41) is 1.08. The number of carbonyl (C=O) groups is 1. The molecule has 2 N–H and O–H groups in total. The molecule has 0 aliphatic heterocycles. The summed E-state index contributed by atoms with van der Waals surface area (Å²) in [7, 11) is 1.47. The topological polar surface area (TPSA) is 82.5 Å². The molecule has 0 spiro atoms. The zero-order valence-corrected chi connectivity index (χ0v) is 20.2. The van der Waals surface area contributed by atoms with E-state index in [-0.39, 0.29) is 17.8 Å². The Morgan fingerprint density at radius 1 is 0.917 bits per heavy atom. The third-order valence-electron chi connectivity index (χ3n) is 7.38. The van der Waals surface area contributed by atoms with Crippen molar-refractivity contribution in [3.8, 4) is 22.5 Å². The quantitative estimate of drug-likeness (QED) is 0.310. The molecule has 180 valence electrons. The van der Waals surface area contributed by atoms with E-state index >= 15 is 0 Å². The number of nitrogen functional groups attached to an aromatic ring is 1. The van der Waals surface area contributed by atoms with E-state index in [4.69, 9.17) is 20.4 Å². The Balaban J connectivity index is 1.42. The minimum atomic E-state index is -0.107. The van der Waals surface area contributed by atoms with Crippen LogP contribution in [0.15, 0.2) is 79.0 Å². The standard InChI is InChI=1S/C30H28N4O2/c1-36-30(35)22-12-10-21(11-13-22)29-33-27(28-24(31)8-5-17-34(28)29)23-14-9-20-15-16-25(32-26(20)18-23)19-6-3-2-4-7-19/h2-9,14-18,21-22H,10-13,31H2,1H3. The van der Waals surface area contributed by atoms with Crippen LogP contribution in [0, 0.1) is 5.92 Å². The fourth-order valence-electron chi connectivity index (χ4n) is 5.47. The maximum atomic E-state index is 12.0. The Kier molecular flexibility index (Phi) is 5.64. The number of nitrogens with zero attached hydrogens (tertiary/aromatic N) is 3. The minimum Gasteiger partial charge on any atom is -0.469 e. The molecule has 0 unspecified atom stereocenters. The Labute approximate surface area is 209 Å². The number of fused-ring (bicyclic) bond motifs is 2. The zero-order valence-electron chi connectivity index (χ0n) is 20.2. The lowest BCUT2D eigenvalue weighted by molar-refractivity contribution is -0.146. The predicted octanol–water partition coefficient (Wildman–Crippen LogP) is 6.25. The van der Waals surface area contributed by atoms with Gasteiger partial charge in [0.1, 0.15) is 5.82 Å². The Hall–Kier alpha value is -4.19. The van der Waals surface area contributed by atoms with Gasteiger partial charge in [-0.15, -0.1) is 0 Å². The Morgan fingerprint density at radius 2 is 1.69 bits per heavy atom. The highest BCUT2D eigenvalue weighted by atomic mass is 16.5. The van der Waals surface area contributed by atoms with E-state index in [1.807, 2.05) is 36.5 Å². The highest BCUT2D eigenvalue weighted by Crippen LogP contribution is 2.39. The molecule has 0 saturated heterocycles. The third-order valence-corrected chi connectivity index (χ3v) is 7.38. The molecule has 2 aromatic carbocycles. The van der Waals surface area contributed by atoms with Gasteiger partial charge >= 0.3 is 5.97 Å². The number of methoxy groups -OCH3 is 1. The summed E-state index contributed by atoms with van der Waals surface area (Å²) < 4.78 is 7.10. The van der Waals surface area contributed by atoms with E-state index in [1.165, 1.54) is 7.11 Å². The Morgan fingerprint density at radius 3 is 2.47 bits per heavy atom. The van der Waals surface area contributed by atoms with Gasteiger partial charge in [0.15, 0.2) is 0 Å². The average molecular weight is 477 g/mol. The smallest absolute Gasteiger partial charge is 0.308 e. The summed E-state index contributed by atoms with van der Waals surface area (Å²) in [5.74, 6) is 1.14. The predicted molar refractivity (Wildman–Crippen MR) is 142 cm³/mol. The second-order valence-electron chi connectivity index (χ2n) is 9.54. The number of nitrogens with two attached hydrogens (primary N) is 1. The van der Waals surface area contributed by atoms with E-state index in [2.05, 4.69) is 46.9 Å². The lowest BCUT2D eigenvalue weighted by atomic mass is 9.81. The van der Waals surface area contributed by atoms with Crippen LogP contribution in [0.5, 0.6) is 0 Å². The van der Waals surface area contributed by atoms with Crippen molar-refractivity contribution in [1.82, 2.24) is 14.4 Å². The molecule has 6 nitrogen and oxygen atoms in total. The second-order valence-corrected chi connectivity index (χ2v) is 9.54. The van der Waals surface area contributed by atoms with Crippen molar-refractivity contribution in [3.05, 3.63) is 84.8 Å². The molecule has 5 aromatic rings. The number of esters is 1. The molecule has 3 heterocycles. The molecule has 1 saturated carbocycles. The lowest BCUT2D eigenvalue weighted by Crippen LogP contribution is -2.23. The van der Waals surface area contributed by atoms with E-state index < -0.39 is 0 Å². The van der Waals surface area contributed by atoms with Gasteiger partial charge in [-0.3, -0.25) is 4.79 Å².